The van der Waals surface area contributed by atoms with Gasteiger partial charge in [-0.3, -0.25) is 9.36 Å². The molecule has 1 aromatic carbocycles. The Balaban J connectivity index is 1.58. The van der Waals surface area contributed by atoms with E-state index in [0.29, 0.717) is 48.5 Å². The van der Waals surface area contributed by atoms with Gasteiger partial charge in [-0.05, 0) is 36.1 Å². The third-order valence-corrected chi connectivity index (χ3v) is 7.66. The van der Waals surface area contributed by atoms with Crippen LogP contribution in [0.3, 0.4) is 0 Å². The average molecular weight is 537 g/mol. The molecule has 37 heavy (non-hydrogen) atoms. The van der Waals surface area contributed by atoms with Crippen LogP contribution in [0.4, 0.5) is 0 Å². The largest absolute Gasteiger partial charge is 0.466 e. The second-order valence-electron chi connectivity index (χ2n) is 8.74. The number of carbonyl (C=O) groups excluding carboxylic acids is 1. The molecular formula is C26H24N4O5S2. The van der Waals surface area contributed by atoms with E-state index >= 15 is 0 Å². The minimum atomic E-state index is -0.657. The summed E-state index contributed by atoms with van der Waals surface area (Å²) in [5, 5.41) is 8.67. The summed E-state index contributed by atoms with van der Waals surface area (Å²) in [5.74, 6) is 0.794. The molecule has 1 atom stereocenters. The number of ether oxygens (including phenoxy) is 1. The topological polar surface area (TPSA) is 113 Å². The lowest BCUT2D eigenvalue weighted by atomic mass is 9.93. The van der Waals surface area contributed by atoms with E-state index in [9.17, 15) is 9.59 Å². The quantitative estimate of drug-likeness (QED) is 0.340. The fourth-order valence-electron chi connectivity index (χ4n) is 4.07. The van der Waals surface area contributed by atoms with Gasteiger partial charge in [0.1, 0.15) is 5.76 Å². The smallest absolute Gasteiger partial charge is 0.338 e. The maximum atomic E-state index is 13.7. The fourth-order valence-corrected chi connectivity index (χ4v) is 5.79. The number of furan rings is 1. The molecule has 0 amide bonds. The van der Waals surface area contributed by atoms with Gasteiger partial charge in [0.2, 0.25) is 5.89 Å². The Morgan fingerprint density at radius 1 is 1.14 bits per heavy atom. The lowest BCUT2D eigenvalue weighted by Crippen LogP contribution is -2.39. The van der Waals surface area contributed by atoms with Crippen LogP contribution in [-0.4, -0.2) is 27.8 Å². The second-order valence-corrected chi connectivity index (χ2v) is 10.7. The van der Waals surface area contributed by atoms with E-state index in [0.717, 1.165) is 5.56 Å². The number of esters is 1. The summed E-state index contributed by atoms with van der Waals surface area (Å²) < 4.78 is 18.3. The SMILES string of the molecule is COC(=O)C1=C(C)N=c2s/c(=C\c3ccc(Sc4nnc(C)o4)o3)c(=O)n2C1c1ccc(C(C)C)cc1. The number of rotatable bonds is 6. The first kappa shape index (κ1) is 25.0. The Bertz CT molecular complexity index is 1690. The number of benzene rings is 1. The number of hydrogen-bond donors (Lipinski definition) is 0. The highest BCUT2D eigenvalue weighted by Gasteiger charge is 2.33. The molecule has 1 unspecified atom stereocenters. The molecule has 0 saturated heterocycles. The predicted molar refractivity (Wildman–Crippen MR) is 138 cm³/mol. The Morgan fingerprint density at radius 2 is 1.89 bits per heavy atom. The van der Waals surface area contributed by atoms with E-state index in [1.807, 2.05) is 24.3 Å². The predicted octanol–water partition coefficient (Wildman–Crippen LogP) is 3.97. The Labute approximate surface area is 220 Å². The van der Waals surface area contributed by atoms with E-state index in [-0.39, 0.29) is 5.56 Å². The van der Waals surface area contributed by atoms with Crippen molar-refractivity contribution in [1.29, 1.82) is 0 Å². The van der Waals surface area contributed by atoms with Crippen molar-refractivity contribution in [3.8, 4) is 0 Å². The first-order chi connectivity index (χ1) is 17.7. The molecule has 0 N–H and O–H groups in total. The molecule has 190 valence electrons. The number of fused-ring (bicyclic) bond motifs is 1. The van der Waals surface area contributed by atoms with Gasteiger partial charge in [0.05, 0.1) is 29.0 Å². The average Bonchev–Trinajstić information content (AvgIpc) is 3.57. The molecule has 0 fully saturated rings. The molecule has 0 saturated carbocycles. The van der Waals surface area contributed by atoms with Crippen LogP contribution in [-0.2, 0) is 9.53 Å². The highest BCUT2D eigenvalue weighted by Crippen LogP contribution is 2.32. The van der Waals surface area contributed by atoms with Gasteiger partial charge in [-0.1, -0.05) is 49.4 Å². The normalized spacial score (nSPS) is 15.7. The Morgan fingerprint density at radius 3 is 2.54 bits per heavy atom. The summed E-state index contributed by atoms with van der Waals surface area (Å²) in [7, 11) is 1.33. The van der Waals surface area contributed by atoms with E-state index in [4.69, 9.17) is 13.6 Å². The number of carbonyl (C=O) groups is 1. The summed E-state index contributed by atoms with van der Waals surface area (Å²) in [6, 6.07) is 10.8. The van der Waals surface area contributed by atoms with E-state index in [1.54, 1.807) is 36.6 Å². The Kier molecular flexibility index (Phi) is 6.74. The molecule has 3 aromatic heterocycles. The third-order valence-electron chi connectivity index (χ3n) is 5.92. The summed E-state index contributed by atoms with van der Waals surface area (Å²) in [5.41, 5.74) is 2.56. The second kappa shape index (κ2) is 9.98. The minimum absolute atomic E-state index is 0.270. The van der Waals surface area contributed by atoms with Crippen molar-refractivity contribution in [3.63, 3.8) is 0 Å². The maximum absolute atomic E-state index is 13.7. The number of thiazole rings is 1. The van der Waals surface area contributed by atoms with Crippen molar-refractivity contribution in [2.75, 3.05) is 7.11 Å². The summed E-state index contributed by atoms with van der Waals surface area (Å²) >= 11 is 2.43. The van der Waals surface area contributed by atoms with Gasteiger partial charge in [-0.2, -0.15) is 0 Å². The molecule has 4 heterocycles. The maximum Gasteiger partial charge on any atom is 0.338 e. The van der Waals surface area contributed by atoms with Crippen LogP contribution >= 0.6 is 23.1 Å². The molecule has 11 heteroatoms. The number of allylic oxidation sites excluding steroid dienone is 1. The fraction of sp³-hybridized carbons (Fsp3) is 0.269. The zero-order valence-corrected chi connectivity index (χ0v) is 22.5. The molecule has 0 aliphatic carbocycles. The van der Waals surface area contributed by atoms with Gasteiger partial charge in [-0.15, -0.1) is 10.2 Å². The van der Waals surface area contributed by atoms with Crippen molar-refractivity contribution in [2.24, 2.45) is 4.99 Å². The zero-order valence-electron chi connectivity index (χ0n) is 20.8. The monoisotopic (exact) mass is 536 g/mol. The van der Waals surface area contributed by atoms with Crippen molar-refractivity contribution in [2.45, 2.75) is 50.0 Å². The standard InChI is InChI=1S/C26H24N4O5S2/c1-13(2)16-6-8-17(9-7-16)22-21(24(32)33-5)14(3)27-25-30(22)23(31)19(36-25)12-18-10-11-20(35-18)37-26-29-28-15(4)34-26/h6-13,22H,1-5H3/b19-12-. The lowest BCUT2D eigenvalue weighted by molar-refractivity contribution is -0.136. The van der Waals surface area contributed by atoms with Crippen LogP contribution in [0.25, 0.3) is 6.08 Å². The van der Waals surface area contributed by atoms with Crippen LogP contribution < -0.4 is 14.9 Å². The molecular weight excluding hydrogens is 512 g/mol. The highest BCUT2D eigenvalue weighted by atomic mass is 32.2. The van der Waals surface area contributed by atoms with Crippen LogP contribution in [0.15, 0.2) is 76.6 Å². The van der Waals surface area contributed by atoms with Crippen molar-refractivity contribution < 1.29 is 18.4 Å². The van der Waals surface area contributed by atoms with Crippen LogP contribution in [0.1, 0.15) is 55.5 Å². The van der Waals surface area contributed by atoms with Gasteiger partial charge >= 0.3 is 5.97 Å². The first-order valence-electron chi connectivity index (χ1n) is 11.5. The molecule has 0 bridgehead atoms. The number of aryl methyl sites for hydroxylation is 1. The molecule has 9 nitrogen and oxygen atoms in total. The minimum Gasteiger partial charge on any atom is -0.466 e. The molecule has 1 aliphatic rings. The molecule has 5 rings (SSSR count). The molecule has 0 spiro atoms. The van der Waals surface area contributed by atoms with Gasteiger partial charge in [0.25, 0.3) is 10.8 Å². The molecule has 4 aromatic rings. The van der Waals surface area contributed by atoms with Crippen molar-refractivity contribution >= 4 is 35.1 Å². The van der Waals surface area contributed by atoms with E-state index in [1.165, 1.54) is 35.8 Å². The van der Waals surface area contributed by atoms with Gasteiger partial charge in [0.15, 0.2) is 9.89 Å². The van der Waals surface area contributed by atoms with Gasteiger partial charge < -0.3 is 13.6 Å². The van der Waals surface area contributed by atoms with Crippen molar-refractivity contribution in [1.82, 2.24) is 14.8 Å². The number of hydrogen-bond acceptors (Lipinski definition) is 10. The number of methoxy groups -OCH3 is 1. The summed E-state index contributed by atoms with van der Waals surface area (Å²) in [6.45, 7) is 7.70. The van der Waals surface area contributed by atoms with Crippen molar-refractivity contribution in [3.05, 3.63) is 90.1 Å². The Hall–Kier alpha value is -3.70. The molecule has 0 radical (unpaired) electrons. The zero-order chi connectivity index (χ0) is 26.3. The lowest BCUT2D eigenvalue weighted by Gasteiger charge is -2.24. The highest BCUT2D eigenvalue weighted by molar-refractivity contribution is 7.99. The van der Waals surface area contributed by atoms with E-state index in [2.05, 4.69) is 29.0 Å². The van der Waals surface area contributed by atoms with Crippen LogP contribution in [0.5, 0.6) is 0 Å². The third kappa shape index (κ3) is 4.84. The van der Waals surface area contributed by atoms with Gasteiger partial charge in [0, 0.05) is 24.8 Å². The number of aromatic nitrogens is 3. The molecule has 1 aliphatic heterocycles. The number of nitrogens with zero attached hydrogens (tertiary/aromatic N) is 4. The van der Waals surface area contributed by atoms with Crippen LogP contribution in [0, 0.1) is 6.92 Å². The summed E-state index contributed by atoms with van der Waals surface area (Å²) in [6.07, 6.45) is 1.67. The first-order valence-corrected chi connectivity index (χ1v) is 13.2. The summed E-state index contributed by atoms with van der Waals surface area (Å²) in [4.78, 5) is 31.6. The van der Waals surface area contributed by atoms with E-state index < -0.39 is 12.0 Å². The van der Waals surface area contributed by atoms with Crippen LogP contribution in [0.2, 0.25) is 0 Å². The van der Waals surface area contributed by atoms with Gasteiger partial charge in [-0.25, -0.2) is 9.79 Å².